The van der Waals surface area contributed by atoms with Crippen LogP contribution in [0.25, 0.3) is 0 Å². The molecule has 0 bridgehead atoms. The average molecular weight is 352 g/mol. The van der Waals surface area contributed by atoms with Crippen molar-refractivity contribution in [1.29, 1.82) is 0 Å². The largest absolute Gasteiger partial charge is 0.325 e. The highest BCUT2D eigenvalue weighted by Gasteiger charge is 2.25. The summed E-state index contributed by atoms with van der Waals surface area (Å²) in [6.07, 6.45) is 5.95. The number of carbonyl (C=O) groups excluding carboxylic acids is 1. The molecule has 0 unspecified atom stereocenters. The molecule has 1 aliphatic rings. The van der Waals surface area contributed by atoms with Crippen molar-refractivity contribution in [3.05, 3.63) is 36.7 Å². The summed E-state index contributed by atoms with van der Waals surface area (Å²) in [5, 5.41) is 8.56. The van der Waals surface area contributed by atoms with Crippen LogP contribution in [-0.2, 0) is 14.8 Å². The molecule has 7 nitrogen and oxygen atoms in total. The Morgan fingerprint density at radius 1 is 1.43 bits per heavy atom. The first-order valence-corrected chi connectivity index (χ1v) is 9.55. The minimum atomic E-state index is -3.79. The first kappa shape index (κ1) is 16.0. The molecular formula is C14H16N4O3S2. The van der Waals surface area contributed by atoms with Crippen LogP contribution in [0.2, 0.25) is 0 Å². The zero-order chi connectivity index (χ0) is 16.4. The Balaban J connectivity index is 1.60. The number of aromatic nitrogens is 2. The predicted octanol–water partition coefficient (Wildman–Crippen LogP) is 1.60. The Morgan fingerprint density at radius 3 is 2.91 bits per heavy atom. The Bertz CT molecular complexity index is 828. The SMILES string of the molecule is NS(=O)(=O)c1cccc(NC(=O)CSc2nccn2C2CC2)c1. The molecule has 3 N–H and O–H groups in total. The van der Waals surface area contributed by atoms with E-state index in [-0.39, 0.29) is 16.6 Å². The molecule has 0 aliphatic heterocycles. The van der Waals surface area contributed by atoms with Crippen molar-refractivity contribution < 1.29 is 13.2 Å². The molecule has 0 atom stereocenters. The van der Waals surface area contributed by atoms with Gasteiger partial charge in [0.1, 0.15) is 0 Å². The molecule has 0 saturated heterocycles. The van der Waals surface area contributed by atoms with E-state index in [9.17, 15) is 13.2 Å². The lowest BCUT2D eigenvalue weighted by molar-refractivity contribution is -0.113. The molecule has 1 fully saturated rings. The molecule has 1 saturated carbocycles. The van der Waals surface area contributed by atoms with Crippen molar-refractivity contribution >= 4 is 33.4 Å². The van der Waals surface area contributed by atoms with E-state index >= 15 is 0 Å². The summed E-state index contributed by atoms with van der Waals surface area (Å²) < 4.78 is 24.7. The molecule has 23 heavy (non-hydrogen) atoms. The summed E-state index contributed by atoms with van der Waals surface area (Å²) in [7, 11) is -3.79. The number of hydrogen-bond acceptors (Lipinski definition) is 5. The van der Waals surface area contributed by atoms with Gasteiger partial charge in [-0.3, -0.25) is 4.79 Å². The van der Waals surface area contributed by atoms with E-state index in [0.717, 1.165) is 18.0 Å². The summed E-state index contributed by atoms with van der Waals surface area (Å²) in [4.78, 5) is 16.2. The molecule has 0 spiro atoms. The second-order valence-corrected chi connectivity index (χ2v) is 7.76. The lowest BCUT2D eigenvalue weighted by Crippen LogP contribution is -2.16. The number of rotatable bonds is 6. The highest BCUT2D eigenvalue weighted by molar-refractivity contribution is 7.99. The number of thioether (sulfide) groups is 1. The van der Waals surface area contributed by atoms with Crippen LogP contribution in [0.1, 0.15) is 18.9 Å². The van der Waals surface area contributed by atoms with E-state index in [1.165, 1.54) is 30.0 Å². The molecule has 0 radical (unpaired) electrons. The number of nitrogens with zero attached hydrogens (tertiary/aromatic N) is 2. The quantitative estimate of drug-likeness (QED) is 0.768. The van der Waals surface area contributed by atoms with Gasteiger partial charge in [0.2, 0.25) is 15.9 Å². The Kier molecular flexibility index (Phi) is 4.42. The van der Waals surface area contributed by atoms with E-state index in [0.29, 0.717) is 11.7 Å². The van der Waals surface area contributed by atoms with E-state index in [4.69, 9.17) is 5.14 Å². The van der Waals surface area contributed by atoms with Crippen molar-refractivity contribution in [3.8, 4) is 0 Å². The summed E-state index contributed by atoms with van der Waals surface area (Å²) in [5.74, 6) is -0.0320. The maximum absolute atomic E-state index is 12.0. The van der Waals surface area contributed by atoms with Crippen LogP contribution >= 0.6 is 11.8 Å². The van der Waals surface area contributed by atoms with Crippen molar-refractivity contribution in [2.75, 3.05) is 11.1 Å². The Hall–Kier alpha value is -1.84. The first-order chi connectivity index (χ1) is 10.9. The topological polar surface area (TPSA) is 107 Å². The average Bonchev–Trinajstić information content (AvgIpc) is 3.23. The fraction of sp³-hybridized carbons (Fsp3) is 0.286. The van der Waals surface area contributed by atoms with Crippen LogP contribution in [0.3, 0.4) is 0 Å². The van der Waals surface area contributed by atoms with Crippen LogP contribution in [0.5, 0.6) is 0 Å². The van der Waals surface area contributed by atoms with E-state index < -0.39 is 10.0 Å². The van der Waals surface area contributed by atoms with Crippen molar-refractivity contribution in [3.63, 3.8) is 0 Å². The smallest absolute Gasteiger partial charge is 0.238 e. The normalized spacial score (nSPS) is 14.7. The minimum Gasteiger partial charge on any atom is -0.325 e. The minimum absolute atomic E-state index is 0.0350. The summed E-state index contributed by atoms with van der Waals surface area (Å²) in [5.41, 5.74) is 0.396. The third-order valence-electron chi connectivity index (χ3n) is 3.35. The third kappa shape index (κ3) is 4.12. The number of benzene rings is 1. The molecular weight excluding hydrogens is 336 g/mol. The highest BCUT2D eigenvalue weighted by atomic mass is 32.2. The highest BCUT2D eigenvalue weighted by Crippen LogP contribution is 2.37. The first-order valence-electron chi connectivity index (χ1n) is 7.02. The van der Waals surface area contributed by atoms with Crippen LogP contribution in [0.4, 0.5) is 5.69 Å². The van der Waals surface area contributed by atoms with E-state index in [2.05, 4.69) is 14.9 Å². The number of primary sulfonamides is 1. The van der Waals surface area contributed by atoms with Gasteiger partial charge in [0.15, 0.2) is 5.16 Å². The van der Waals surface area contributed by atoms with Gasteiger partial charge in [-0.05, 0) is 31.0 Å². The molecule has 1 amide bonds. The summed E-state index contributed by atoms with van der Waals surface area (Å²) in [6.45, 7) is 0. The molecule has 1 aliphatic carbocycles. The standard InChI is InChI=1S/C14H16N4O3S2/c15-23(20,21)12-3-1-2-10(8-12)17-13(19)9-22-14-16-6-7-18(14)11-4-5-11/h1-3,6-8,11H,4-5,9H2,(H,17,19)(H2,15,20,21). The van der Waals surface area contributed by atoms with Gasteiger partial charge in [-0.25, -0.2) is 18.5 Å². The van der Waals surface area contributed by atoms with Crippen LogP contribution in [-0.4, -0.2) is 29.6 Å². The molecule has 9 heteroatoms. The number of sulfonamides is 1. The van der Waals surface area contributed by atoms with Crippen LogP contribution in [0.15, 0.2) is 46.7 Å². The molecule has 2 aromatic rings. The van der Waals surface area contributed by atoms with Crippen molar-refractivity contribution in [1.82, 2.24) is 9.55 Å². The number of nitrogens with one attached hydrogen (secondary N) is 1. The number of nitrogens with two attached hydrogens (primary N) is 1. The zero-order valence-corrected chi connectivity index (χ0v) is 13.8. The van der Waals surface area contributed by atoms with Gasteiger partial charge in [0.05, 0.1) is 10.6 Å². The van der Waals surface area contributed by atoms with Crippen LogP contribution < -0.4 is 10.5 Å². The van der Waals surface area contributed by atoms with Gasteiger partial charge in [-0.15, -0.1) is 0 Å². The maximum Gasteiger partial charge on any atom is 0.238 e. The third-order valence-corrected chi connectivity index (χ3v) is 5.24. The molecule has 1 aromatic heterocycles. The van der Waals surface area contributed by atoms with Crippen LogP contribution in [0, 0.1) is 0 Å². The second kappa shape index (κ2) is 6.34. The van der Waals surface area contributed by atoms with E-state index in [1.807, 2.05) is 6.20 Å². The van der Waals surface area contributed by atoms with Gasteiger partial charge in [-0.2, -0.15) is 0 Å². The maximum atomic E-state index is 12.0. The Labute approximate surface area is 138 Å². The lowest BCUT2D eigenvalue weighted by Gasteiger charge is -2.07. The Morgan fingerprint density at radius 2 is 2.22 bits per heavy atom. The number of hydrogen-bond donors (Lipinski definition) is 2. The molecule has 1 heterocycles. The lowest BCUT2D eigenvalue weighted by atomic mass is 10.3. The van der Waals surface area contributed by atoms with Gasteiger partial charge in [0, 0.05) is 24.1 Å². The van der Waals surface area contributed by atoms with Crippen molar-refractivity contribution in [2.24, 2.45) is 5.14 Å². The number of imidazole rings is 1. The molecule has 122 valence electrons. The summed E-state index contributed by atoms with van der Waals surface area (Å²) in [6, 6.07) is 6.37. The molecule has 3 rings (SSSR count). The monoisotopic (exact) mass is 352 g/mol. The van der Waals surface area contributed by atoms with Gasteiger partial charge >= 0.3 is 0 Å². The fourth-order valence-electron chi connectivity index (χ4n) is 2.12. The van der Waals surface area contributed by atoms with E-state index in [1.54, 1.807) is 12.3 Å². The zero-order valence-electron chi connectivity index (χ0n) is 12.2. The number of carbonyl (C=O) groups is 1. The van der Waals surface area contributed by atoms with Crippen molar-refractivity contribution in [2.45, 2.75) is 28.9 Å². The number of amides is 1. The van der Waals surface area contributed by atoms with Gasteiger partial charge in [-0.1, -0.05) is 17.8 Å². The van der Waals surface area contributed by atoms with Gasteiger partial charge in [0.25, 0.3) is 0 Å². The van der Waals surface area contributed by atoms with Gasteiger partial charge < -0.3 is 9.88 Å². The fourth-order valence-corrected chi connectivity index (χ4v) is 3.51. The second-order valence-electron chi connectivity index (χ2n) is 5.26. The number of anilines is 1. The summed E-state index contributed by atoms with van der Waals surface area (Å²) >= 11 is 1.36. The predicted molar refractivity (Wildman–Crippen MR) is 87.7 cm³/mol. The molecule has 1 aromatic carbocycles.